The van der Waals surface area contributed by atoms with Crippen LogP contribution in [-0.4, -0.2) is 50.3 Å². The van der Waals surface area contributed by atoms with E-state index in [1.807, 2.05) is 43.3 Å². The molecule has 46 heavy (non-hydrogen) atoms. The van der Waals surface area contributed by atoms with Crippen LogP contribution in [0.25, 0.3) is 0 Å². The number of hydrogen-bond donors (Lipinski definition) is 2. The Morgan fingerprint density at radius 3 is 2.11 bits per heavy atom. The van der Waals surface area contributed by atoms with Gasteiger partial charge in [0, 0.05) is 11.8 Å². The molecular formula is C37H49N3O5Si. The van der Waals surface area contributed by atoms with Crippen LogP contribution in [0, 0.1) is 11.8 Å². The zero-order valence-electron chi connectivity index (χ0n) is 27.9. The summed E-state index contributed by atoms with van der Waals surface area (Å²) in [6.07, 6.45) is 6.24. The molecule has 0 bridgehead atoms. The quantitative estimate of drug-likeness (QED) is 0.125. The normalized spacial score (nSPS) is 17.5. The largest absolute Gasteiger partial charge is 0.450 e. The second kappa shape index (κ2) is 16.1. The number of ketones is 1. The molecule has 0 spiro atoms. The Hall–Kier alpha value is -3.82. The number of nitrogens with one attached hydrogen (secondary N) is 2. The molecule has 9 heteroatoms. The third-order valence-corrected chi connectivity index (χ3v) is 14.0. The van der Waals surface area contributed by atoms with Crippen LogP contribution < -0.4 is 21.0 Å². The van der Waals surface area contributed by atoms with E-state index in [1.54, 1.807) is 12.1 Å². The number of rotatable bonds is 13. The van der Waals surface area contributed by atoms with Gasteiger partial charge in [0.05, 0.1) is 13.2 Å². The number of Topliss-reactive ketones (excluding diaryl/α,β-unsaturated/α-hetero) is 1. The predicted octanol–water partition coefficient (Wildman–Crippen LogP) is 6.50. The highest BCUT2D eigenvalue weighted by molar-refractivity contribution is 6.99. The summed E-state index contributed by atoms with van der Waals surface area (Å²) in [6, 6.07) is 22.8. The van der Waals surface area contributed by atoms with Crippen LogP contribution >= 0.6 is 0 Å². The minimum Gasteiger partial charge on any atom is -0.450 e. The maximum Gasteiger partial charge on any atom is 0.407 e. The Balaban J connectivity index is 1.52. The first-order valence-corrected chi connectivity index (χ1v) is 18.4. The summed E-state index contributed by atoms with van der Waals surface area (Å²) in [7, 11) is -2.91. The van der Waals surface area contributed by atoms with Gasteiger partial charge in [-0.3, -0.25) is 9.59 Å². The van der Waals surface area contributed by atoms with Crippen molar-refractivity contribution in [2.75, 3.05) is 18.5 Å². The van der Waals surface area contributed by atoms with Crippen molar-refractivity contribution in [1.29, 1.82) is 0 Å². The van der Waals surface area contributed by atoms with Gasteiger partial charge in [0.15, 0.2) is 5.78 Å². The summed E-state index contributed by atoms with van der Waals surface area (Å²) < 4.78 is 12.2. The standard InChI is InChI=1S/C37H49N3O5Si/c1-6-7-24-44-36(43)40-34(28-20-18-27(2)19-21-28)35(42)39-33-25-29(22-23-38-33)32(41)26-45-46(37(3,4)5,30-14-10-8-11-15-30)31-16-12-9-13-17-31/h8-17,22-23,25,27-28,34H,6-7,18-21,24,26H2,1-5H3,(H,40,43)(H,38,39,42)/t27?,28?,34-/m0/s1. The van der Waals surface area contributed by atoms with Gasteiger partial charge < -0.3 is 19.8 Å². The molecule has 8 nitrogen and oxygen atoms in total. The minimum absolute atomic E-state index is 0.0143. The first-order valence-electron chi connectivity index (χ1n) is 16.5. The molecule has 1 aromatic heterocycles. The highest BCUT2D eigenvalue weighted by Gasteiger charge is 2.50. The number of unbranched alkanes of at least 4 members (excludes halogenated alkanes) is 1. The molecule has 0 aliphatic heterocycles. The number of nitrogens with zero attached hydrogens (tertiary/aromatic N) is 1. The molecule has 2 amide bonds. The first-order chi connectivity index (χ1) is 22.0. The van der Waals surface area contributed by atoms with Crippen LogP contribution in [0.15, 0.2) is 79.0 Å². The summed E-state index contributed by atoms with van der Waals surface area (Å²) >= 11 is 0. The molecule has 2 aromatic carbocycles. The van der Waals surface area contributed by atoms with Crippen molar-refractivity contribution in [2.24, 2.45) is 11.8 Å². The van der Waals surface area contributed by atoms with Gasteiger partial charge in [-0.05, 0) is 58.6 Å². The SMILES string of the molecule is CCCCOC(=O)N[C@H](C(=O)Nc1cc(C(=O)CO[Si](c2ccccc2)(c2ccccc2)C(C)(C)C)ccn1)C1CCC(C)CC1. The van der Waals surface area contributed by atoms with E-state index in [-0.39, 0.29) is 35.1 Å². The van der Waals surface area contributed by atoms with E-state index in [0.29, 0.717) is 18.1 Å². The molecule has 0 saturated heterocycles. The van der Waals surface area contributed by atoms with E-state index < -0.39 is 20.5 Å². The Bertz CT molecular complexity index is 1400. The van der Waals surface area contributed by atoms with Crippen molar-refractivity contribution in [1.82, 2.24) is 10.3 Å². The third-order valence-electron chi connectivity index (χ3n) is 8.99. The predicted molar refractivity (Wildman–Crippen MR) is 185 cm³/mol. The number of carbonyl (C=O) groups excluding carboxylic acids is 3. The zero-order valence-corrected chi connectivity index (χ0v) is 28.9. The van der Waals surface area contributed by atoms with Gasteiger partial charge in [0.1, 0.15) is 11.9 Å². The van der Waals surface area contributed by atoms with Gasteiger partial charge in [-0.25, -0.2) is 9.78 Å². The lowest BCUT2D eigenvalue weighted by Crippen LogP contribution is -2.67. The molecule has 4 rings (SSSR count). The van der Waals surface area contributed by atoms with E-state index in [2.05, 4.69) is 67.6 Å². The molecule has 0 radical (unpaired) electrons. The van der Waals surface area contributed by atoms with Gasteiger partial charge >= 0.3 is 6.09 Å². The minimum atomic E-state index is -2.91. The van der Waals surface area contributed by atoms with Crippen LogP contribution in [0.4, 0.5) is 10.6 Å². The van der Waals surface area contributed by atoms with Gasteiger partial charge in [-0.2, -0.15) is 0 Å². The van der Waals surface area contributed by atoms with Crippen molar-refractivity contribution < 1.29 is 23.5 Å². The van der Waals surface area contributed by atoms with Crippen LogP contribution in [0.3, 0.4) is 0 Å². The average Bonchev–Trinajstić information content (AvgIpc) is 3.05. The number of aromatic nitrogens is 1. The van der Waals surface area contributed by atoms with E-state index in [1.165, 1.54) is 6.20 Å². The van der Waals surface area contributed by atoms with Crippen LogP contribution in [-0.2, 0) is 14.0 Å². The molecule has 1 fully saturated rings. The van der Waals surface area contributed by atoms with Crippen LogP contribution in [0.5, 0.6) is 0 Å². The number of ether oxygens (including phenoxy) is 1. The lowest BCUT2D eigenvalue weighted by molar-refractivity contribution is -0.119. The second-order valence-corrected chi connectivity index (χ2v) is 17.7. The lowest BCUT2D eigenvalue weighted by atomic mass is 9.79. The molecular weight excluding hydrogens is 595 g/mol. The molecule has 246 valence electrons. The third kappa shape index (κ3) is 8.70. The van der Waals surface area contributed by atoms with Gasteiger partial charge in [0.25, 0.3) is 8.32 Å². The maximum atomic E-state index is 13.7. The highest BCUT2D eigenvalue weighted by Crippen LogP contribution is 2.37. The Morgan fingerprint density at radius 2 is 1.54 bits per heavy atom. The number of carbonyl (C=O) groups is 3. The van der Waals surface area contributed by atoms with Crippen molar-refractivity contribution >= 4 is 42.3 Å². The molecule has 1 atom stereocenters. The van der Waals surface area contributed by atoms with Crippen molar-refractivity contribution in [3.63, 3.8) is 0 Å². The highest BCUT2D eigenvalue weighted by atomic mass is 28.4. The maximum absolute atomic E-state index is 13.7. The monoisotopic (exact) mass is 643 g/mol. The Kier molecular flexibility index (Phi) is 12.3. The number of amides is 2. The fraction of sp³-hybridized carbons (Fsp3) is 0.459. The van der Waals surface area contributed by atoms with Crippen LogP contribution in [0.1, 0.15) is 83.5 Å². The second-order valence-electron chi connectivity index (χ2n) is 13.4. The number of anilines is 1. The lowest BCUT2D eigenvalue weighted by Gasteiger charge is -2.42. The first kappa shape index (κ1) is 35.0. The van der Waals surface area contributed by atoms with E-state index >= 15 is 0 Å². The number of benzene rings is 2. The number of pyridine rings is 1. The topological polar surface area (TPSA) is 107 Å². The smallest absolute Gasteiger partial charge is 0.407 e. The van der Waals surface area contributed by atoms with E-state index in [9.17, 15) is 14.4 Å². The molecule has 1 heterocycles. The summed E-state index contributed by atoms with van der Waals surface area (Å²) in [5, 5.41) is 7.59. The molecule has 1 aliphatic rings. The summed E-state index contributed by atoms with van der Waals surface area (Å²) in [5.41, 5.74) is 0.387. The summed E-state index contributed by atoms with van der Waals surface area (Å²) in [6.45, 7) is 10.9. The fourth-order valence-corrected chi connectivity index (χ4v) is 10.9. The van der Waals surface area contributed by atoms with Crippen molar-refractivity contribution in [3.8, 4) is 0 Å². The summed E-state index contributed by atoms with van der Waals surface area (Å²) in [4.78, 5) is 44.2. The average molecular weight is 644 g/mol. The molecule has 1 aliphatic carbocycles. The molecule has 0 unspecified atom stereocenters. The summed E-state index contributed by atoms with van der Waals surface area (Å²) in [5.74, 6) is 0.247. The Labute approximate surface area is 274 Å². The fourth-order valence-electron chi connectivity index (χ4n) is 6.39. The van der Waals surface area contributed by atoms with E-state index in [0.717, 1.165) is 48.9 Å². The number of hydrogen-bond acceptors (Lipinski definition) is 6. The molecule has 3 aromatic rings. The van der Waals surface area contributed by atoms with Gasteiger partial charge in [-0.1, -0.05) is 115 Å². The van der Waals surface area contributed by atoms with Crippen molar-refractivity contribution in [3.05, 3.63) is 84.6 Å². The zero-order chi connectivity index (χ0) is 33.2. The van der Waals surface area contributed by atoms with Gasteiger partial charge in [-0.15, -0.1) is 0 Å². The molecule has 1 saturated carbocycles. The molecule has 2 N–H and O–H groups in total. The van der Waals surface area contributed by atoms with Crippen molar-refractivity contribution in [2.45, 2.75) is 84.2 Å². The van der Waals surface area contributed by atoms with Gasteiger partial charge in [0.2, 0.25) is 5.91 Å². The number of alkyl carbamates (subject to hydrolysis) is 1. The Morgan fingerprint density at radius 1 is 0.935 bits per heavy atom. The van der Waals surface area contributed by atoms with E-state index in [4.69, 9.17) is 9.16 Å². The van der Waals surface area contributed by atoms with Crippen LogP contribution in [0.2, 0.25) is 5.04 Å².